The topological polar surface area (TPSA) is 17.8 Å². The van der Waals surface area contributed by atoms with Crippen molar-refractivity contribution in [1.82, 2.24) is 9.78 Å². The Balaban J connectivity index is 2.05. The van der Waals surface area contributed by atoms with Crippen LogP contribution in [0, 0.1) is 5.82 Å². The lowest BCUT2D eigenvalue weighted by molar-refractivity contribution is 0.627. The van der Waals surface area contributed by atoms with Gasteiger partial charge in [-0.05, 0) is 24.3 Å². The molecule has 2 aromatic carbocycles. The summed E-state index contributed by atoms with van der Waals surface area (Å²) in [6, 6.07) is 17.6. The maximum atomic E-state index is 12.9. The van der Waals surface area contributed by atoms with Crippen LogP contribution in [0.5, 0.6) is 0 Å². The summed E-state index contributed by atoms with van der Waals surface area (Å²) in [4.78, 5) is 0. The zero-order valence-corrected chi connectivity index (χ0v) is 10.7. The lowest BCUT2D eigenvalue weighted by Crippen LogP contribution is -1.96. The second kappa shape index (κ2) is 4.86. The maximum Gasteiger partial charge on any atom is 0.133 e. The highest BCUT2D eigenvalue weighted by Gasteiger charge is 2.09. The summed E-state index contributed by atoms with van der Waals surface area (Å²) in [6.07, 6.45) is 0. The summed E-state index contributed by atoms with van der Waals surface area (Å²) in [7, 11) is 0. The van der Waals surface area contributed by atoms with Crippen LogP contribution in [0.15, 0.2) is 60.7 Å². The average Bonchev–Trinajstić information content (AvgIpc) is 2.83. The van der Waals surface area contributed by atoms with Crippen LogP contribution in [0.25, 0.3) is 16.9 Å². The molecular weight excluding hydrogens is 263 g/mol. The molecule has 0 atom stereocenters. The van der Waals surface area contributed by atoms with E-state index in [9.17, 15) is 4.39 Å². The highest BCUT2D eigenvalue weighted by molar-refractivity contribution is 6.30. The van der Waals surface area contributed by atoms with Crippen LogP contribution in [0.2, 0.25) is 5.15 Å². The first-order chi connectivity index (χ1) is 9.24. The van der Waals surface area contributed by atoms with E-state index < -0.39 is 0 Å². The average molecular weight is 273 g/mol. The van der Waals surface area contributed by atoms with Crippen LogP contribution in [-0.2, 0) is 0 Å². The molecule has 94 valence electrons. The Bertz CT molecular complexity index is 690. The molecule has 19 heavy (non-hydrogen) atoms. The summed E-state index contributed by atoms with van der Waals surface area (Å²) in [5, 5.41) is 4.93. The first-order valence-electron chi connectivity index (χ1n) is 5.81. The van der Waals surface area contributed by atoms with Gasteiger partial charge in [0.05, 0.1) is 11.4 Å². The van der Waals surface area contributed by atoms with Gasteiger partial charge in [0.1, 0.15) is 11.0 Å². The number of hydrogen-bond donors (Lipinski definition) is 0. The van der Waals surface area contributed by atoms with Gasteiger partial charge < -0.3 is 0 Å². The summed E-state index contributed by atoms with van der Waals surface area (Å²) >= 11 is 6.18. The number of nitrogens with zero attached hydrogens (tertiary/aromatic N) is 2. The Morgan fingerprint density at radius 1 is 0.947 bits per heavy atom. The van der Waals surface area contributed by atoms with Crippen LogP contribution in [0.4, 0.5) is 4.39 Å². The molecule has 0 amide bonds. The van der Waals surface area contributed by atoms with Gasteiger partial charge in [-0.25, -0.2) is 9.07 Å². The number of hydrogen-bond acceptors (Lipinski definition) is 1. The number of aromatic nitrogens is 2. The Morgan fingerprint density at radius 2 is 1.63 bits per heavy atom. The van der Waals surface area contributed by atoms with E-state index in [1.807, 2.05) is 30.3 Å². The van der Waals surface area contributed by atoms with Crippen molar-refractivity contribution in [2.75, 3.05) is 0 Å². The van der Waals surface area contributed by atoms with Gasteiger partial charge in [-0.1, -0.05) is 41.9 Å². The van der Waals surface area contributed by atoms with Crippen LogP contribution in [0.3, 0.4) is 0 Å². The molecular formula is C15H10ClFN2. The molecule has 4 heteroatoms. The Hall–Kier alpha value is -2.13. The molecule has 0 radical (unpaired) electrons. The minimum Gasteiger partial charge on any atom is -0.222 e. The highest BCUT2D eigenvalue weighted by Crippen LogP contribution is 2.24. The number of halogens is 2. The van der Waals surface area contributed by atoms with Gasteiger partial charge in [-0.15, -0.1) is 0 Å². The van der Waals surface area contributed by atoms with Crippen molar-refractivity contribution in [3.8, 4) is 16.9 Å². The van der Waals surface area contributed by atoms with E-state index in [-0.39, 0.29) is 5.82 Å². The summed E-state index contributed by atoms with van der Waals surface area (Å²) in [5.41, 5.74) is 2.51. The SMILES string of the molecule is Fc1ccc(-n2nc(-c3ccccc3)cc2Cl)cc1. The fraction of sp³-hybridized carbons (Fsp3) is 0. The van der Waals surface area contributed by atoms with Crippen molar-refractivity contribution >= 4 is 11.6 Å². The van der Waals surface area contributed by atoms with Gasteiger partial charge in [-0.2, -0.15) is 5.10 Å². The predicted octanol–water partition coefficient (Wildman–Crippen LogP) is 4.33. The zero-order chi connectivity index (χ0) is 13.2. The molecule has 0 saturated carbocycles. The molecule has 3 rings (SSSR count). The van der Waals surface area contributed by atoms with E-state index >= 15 is 0 Å². The minimum atomic E-state index is -0.282. The van der Waals surface area contributed by atoms with E-state index in [4.69, 9.17) is 11.6 Å². The van der Waals surface area contributed by atoms with Crippen LogP contribution in [0.1, 0.15) is 0 Å². The second-order valence-electron chi connectivity index (χ2n) is 4.11. The van der Waals surface area contributed by atoms with E-state index in [0.717, 1.165) is 16.9 Å². The normalized spacial score (nSPS) is 10.6. The van der Waals surface area contributed by atoms with Gasteiger partial charge >= 0.3 is 0 Å². The molecule has 0 bridgehead atoms. The quantitative estimate of drug-likeness (QED) is 0.679. The molecule has 2 nitrogen and oxygen atoms in total. The van der Waals surface area contributed by atoms with E-state index in [2.05, 4.69) is 5.10 Å². The molecule has 1 aromatic heterocycles. The van der Waals surface area contributed by atoms with E-state index in [1.165, 1.54) is 12.1 Å². The smallest absolute Gasteiger partial charge is 0.133 e. The third kappa shape index (κ3) is 2.37. The lowest BCUT2D eigenvalue weighted by Gasteiger charge is -2.02. The molecule has 0 saturated heterocycles. The summed E-state index contributed by atoms with van der Waals surface area (Å²) in [6.45, 7) is 0. The van der Waals surface area contributed by atoms with Crippen molar-refractivity contribution < 1.29 is 4.39 Å². The molecule has 0 aliphatic rings. The second-order valence-corrected chi connectivity index (χ2v) is 4.49. The number of rotatable bonds is 2. The van der Waals surface area contributed by atoms with E-state index in [1.54, 1.807) is 22.9 Å². The van der Waals surface area contributed by atoms with Crippen molar-refractivity contribution in [3.05, 3.63) is 71.6 Å². The monoisotopic (exact) mass is 272 g/mol. The fourth-order valence-corrected chi connectivity index (χ4v) is 2.11. The molecule has 0 aliphatic heterocycles. The molecule has 0 spiro atoms. The third-order valence-electron chi connectivity index (χ3n) is 2.81. The molecule has 0 N–H and O–H groups in total. The molecule has 0 fully saturated rings. The predicted molar refractivity (Wildman–Crippen MR) is 74.0 cm³/mol. The first-order valence-corrected chi connectivity index (χ1v) is 6.19. The first kappa shape index (κ1) is 11.9. The minimum absolute atomic E-state index is 0.282. The van der Waals surface area contributed by atoms with Gasteiger partial charge in [0.15, 0.2) is 0 Å². The van der Waals surface area contributed by atoms with Crippen LogP contribution >= 0.6 is 11.6 Å². The Kier molecular flexibility index (Phi) is 3.05. The largest absolute Gasteiger partial charge is 0.222 e. The van der Waals surface area contributed by atoms with Gasteiger partial charge in [0, 0.05) is 11.6 Å². The number of benzene rings is 2. The van der Waals surface area contributed by atoms with Crippen LogP contribution < -0.4 is 0 Å². The lowest BCUT2D eigenvalue weighted by atomic mass is 10.2. The Morgan fingerprint density at radius 3 is 2.32 bits per heavy atom. The van der Waals surface area contributed by atoms with Crippen molar-refractivity contribution in [1.29, 1.82) is 0 Å². The molecule has 0 aliphatic carbocycles. The van der Waals surface area contributed by atoms with Crippen molar-refractivity contribution in [2.45, 2.75) is 0 Å². The molecule has 1 heterocycles. The summed E-state index contributed by atoms with van der Waals surface area (Å²) in [5.74, 6) is -0.282. The van der Waals surface area contributed by atoms with E-state index in [0.29, 0.717) is 5.15 Å². The summed E-state index contributed by atoms with van der Waals surface area (Å²) < 4.78 is 14.5. The fourth-order valence-electron chi connectivity index (χ4n) is 1.87. The van der Waals surface area contributed by atoms with Crippen molar-refractivity contribution in [3.63, 3.8) is 0 Å². The van der Waals surface area contributed by atoms with Gasteiger partial charge in [0.25, 0.3) is 0 Å². The third-order valence-corrected chi connectivity index (χ3v) is 3.08. The Labute approximate surface area is 115 Å². The molecule has 0 unspecified atom stereocenters. The standard InChI is InChI=1S/C15H10ClFN2/c16-15-10-14(11-4-2-1-3-5-11)18-19(15)13-8-6-12(17)7-9-13/h1-10H. The van der Waals surface area contributed by atoms with Gasteiger partial charge in [-0.3, -0.25) is 0 Å². The van der Waals surface area contributed by atoms with Crippen LogP contribution in [-0.4, -0.2) is 9.78 Å². The molecule has 3 aromatic rings. The highest BCUT2D eigenvalue weighted by atomic mass is 35.5. The van der Waals surface area contributed by atoms with Gasteiger partial charge in [0.2, 0.25) is 0 Å². The maximum absolute atomic E-state index is 12.9. The zero-order valence-electron chi connectivity index (χ0n) is 9.92. The van der Waals surface area contributed by atoms with Crippen molar-refractivity contribution in [2.24, 2.45) is 0 Å².